The van der Waals surface area contributed by atoms with Crippen molar-refractivity contribution in [3.8, 4) is 0 Å². The molecule has 0 bridgehead atoms. The molecule has 2 fully saturated rings. The maximum absolute atomic E-state index is 6.24. The van der Waals surface area contributed by atoms with Gasteiger partial charge in [-0.1, -0.05) is 23.4 Å². The first kappa shape index (κ1) is 19.0. The number of halogens is 1. The number of pyridine rings is 1. The van der Waals surface area contributed by atoms with Gasteiger partial charge in [-0.3, -0.25) is 0 Å². The van der Waals surface area contributed by atoms with Gasteiger partial charge in [0.05, 0.1) is 10.1 Å². The Morgan fingerprint density at radius 2 is 2.14 bits per heavy atom. The first-order valence-electron chi connectivity index (χ1n) is 9.42. The van der Waals surface area contributed by atoms with Gasteiger partial charge in [-0.25, -0.2) is 9.97 Å². The number of aromatic nitrogens is 2. The standard InChI is InChI=1S/C19H22ClN7S2/c1-10-8-28-18(26-10)19(9-21)11-6-27(7-12(11)19)14-4-25-15(5-24-14)29-13-2-3-23-17(22)16(13)20/h2-5,8,11-12,24-25H,6-7,9,21H2,1H3,(H2,22,23)/t11-,12+,19?. The van der Waals surface area contributed by atoms with Gasteiger partial charge in [-0.15, -0.1) is 11.3 Å². The van der Waals surface area contributed by atoms with E-state index in [2.05, 4.69) is 25.9 Å². The molecule has 5 rings (SSSR count). The third kappa shape index (κ3) is 3.07. The monoisotopic (exact) mass is 447 g/mol. The average Bonchev–Trinajstić information content (AvgIpc) is 3.07. The molecule has 1 unspecified atom stereocenters. The fourth-order valence-corrected chi connectivity index (χ4v) is 6.61. The third-order valence-corrected chi connectivity index (χ3v) is 8.71. The molecule has 3 aliphatic rings. The van der Waals surface area contributed by atoms with Gasteiger partial charge in [0.2, 0.25) is 0 Å². The molecule has 1 saturated heterocycles. The van der Waals surface area contributed by atoms with Crippen LogP contribution in [0, 0.1) is 18.8 Å². The summed E-state index contributed by atoms with van der Waals surface area (Å²) >= 11 is 9.50. The predicted octanol–water partition coefficient (Wildman–Crippen LogP) is 2.42. The fourth-order valence-electron chi connectivity index (χ4n) is 4.45. The molecule has 3 atom stereocenters. The molecule has 152 valence electrons. The summed E-state index contributed by atoms with van der Waals surface area (Å²) in [4.78, 5) is 12.0. The lowest BCUT2D eigenvalue weighted by atomic mass is 10.0. The van der Waals surface area contributed by atoms with E-state index in [4.69, 9.17) is 28.1 Å². The Labute approximate surface area is 182 Å². The lowest BCUT2D eigenvalue weighted by molar-refractivity contribution is 0.318. The van der Waals surface area contributed by atoms with Crippen LogP contribution in [0.1, 0.15) is 10.7 Å². The van der Waals surface area contributed by atoms with Gasteiger partial charge in [-0.2, -0.15) is 0 Å². The second-order valence-electron chi connectivity index (χ2n) is 7.59. The van der Waals surface area contributed by atoms with E-state index in [1.165, 1.54) is 16.8 Å². The summed E-state index contributed by atoms with van der Waals surface area (Å²) in [7, 11) is 0. The quantitative estimate of drug-likeness (QED) is 0.553. The number of hydrogen-bond donors (Lipinski definition) is 4. The Balaban J connectivity index is 1.22. The van der Waals surface area contributed by atoms with E-state index in [0.29, 0.717) is 29.2 Å². The minimum atomic E-state index is 0.0763. The van der Waals surface area contributed by atoms with Gasteiger partial charge in [0.1, 0.15) is 16.6 Å². The van der Waals surface area contributed by atoms with E-state index in [-0.39, 0.29) is 5.41 Å². The molecule has 6 N–H and O–H groups in total. The number of rotatable bonds is 5. The van der Waals surface area contributed by atoms with Crippen LogP contribution < -0.4 is 22.1 Å². The number of nitrogens with one attached hydrogen (secondary N) is 2. The highest BCUT2D eigenvalue weighted by Crippen LogP contribution is 2.63. The molecule has 2 aliphatic heterocycles. The highest BCUT2D eigenvalue weighted by molar-refractivity contribution is 8.03. The maximum Gasteiger partial charge on any atom is 0.143 e. The fraction of sp³-hybridized carbons (Fsp3) is 0.368. The molecule has 4 heterocycles. The molecule has 7 nitrogen and oxygen atoms in total. The van der Waals surface area contributed by atoms with E-state index in [1.807, 2.05) is 25.4 Å². The largest absolute Gasteiger partial charge is 0.382 e. The number of likely N-dealkylation sites (tertiary alicyclic amines) is 1. The molecular formula is C19H22ClN7S2. The maximum atomic E-state index is 6.24. The van der Waals surface area contributed by atoms with Crippen molar-refractivity contribution in [3.63, 3.8) is 0 Å². The molecule has 0 spiro atoms. The second-order valence-corrected chi connectivity index (χ2v) is 9.91. The van der Waals surface area contributed by atoms with Gasteiger partial charge < -0.3 is 27.0 Å². The molecule has 29 heavy (non-hydrogen) atoms. The van der Waals surface area contributed by atoms with Crippen molar-refractivity contribution in [2.24, 2.45) is 17.6 Å². The van der Waals surface area contributed by atoms with Crippen LogP contribution in [0.5, 0.6) is 0 Å². The smallest absolute Gasteiger partial charge is 0.143 e. The van der Waals surface area contributed by atoms with E-state index in [9.17, 15) is 0 Å². The van der Waals surface area contributed by atoms with E-state index in [1.54, 1.807) is 17.5 Å². The second kappa shape index (κ2) is 7.09. The Bertz CT molecular complexity index is 1010. The van der Waals surface area contributed by atoms with Crippen molar-refractivity contribution in [2.45, 2.75) is 17.2 Å². The summed E-state index contributed by atoms with van der Waals surface area (Å²) in [6, 6.07) is 1.85. The van der Waals surface area contributed by atoms with Crippen molar-refractivity contribution in [3.05, 3.63) is 56.6 Å². The predicted molar refractivity (Wildman–Crippen MR) is 118 cm³/mol. The van der Waals surface area contributed by atoms with Crippen molar-refractivity contribution in [2.75, 3.05) is 25.4 Å². The zero-order chi connectivity index (χ0) is 20.2. The molecule has 2 aromatic rings. The molecule has 0 radical (unpaired) electrons. The lowest BCUT2D eigenvalue weighted by Crippen LogP contribution is -2.38. The molecular weight excluding hydrogens is 426 g/mol. The SMILES string of the molecule is Cc1csc(C2(CN)[C@@H]3CN(C4=CNC(Sc5ccnc(N)c5Cl)=CN4)C[C@@H]32)n1. The van der Waals surface area contributed by atoms with Crippen LogP contribution in [0.3, 0.4) is 0 Å². The summed E-state index contributed by atoms with van der Waals surface area (Å²) in [6.45, 7) is 4.70. The number of thioether (sulfide) groups is 1. The number of fused-ring (bicyclic) bond motifs is 1. The third-order valence-electron chi connectivity index (χ3n) is 6.03. The van der Waals surface area contributed by atoms with Crippen molar-refractivity contribution >= 4 is 40.5 Å². The number of nitrogens with zero attached hydrogens (tertiary/aromatic N) is 3. The van der Waals surface area contributed by atoms with Crippen LogP contribution >= 0.6 is 34.7 Å². The van der Waals surface area contributed by atoms with Crippen LogP contribution in [0.15, 0.2) is 45.8 Å². The Morgan fingerprint density at radius 3 is 2.76 bits per heavy atom. The Kier molecular flexibility index (Phi) is 4.65. The first-order chi connectivity index (χ1) is 14.0. The number of aryl methyl sites for hydroxylation is 1. The molecule has 1 saturated carbocycles. The number of nitrogens with two attached hydrogens (primary N) is 2. The lowest BCUT2D eigenvalue weighted by Gasteiger charge is -2.30. The molecule has 1 aliphatic carbocycles. The minimum absolute atomic E-state index is 0.0763. The Morgan fingerprint density at radius 1 is 1.34 bits per heavy atom. The number of thiazole rings is 1. The summed E-state index contributed by atoms with van der Waals surface area (Å²) < 4.78 is 0. The number of piperidine rings is 1. The van der Waals surface area contributed by atoms with Crippen LogP contribution in [-0.4, -0.2) is 34.5 Å². The molecule has 0 aromatic carbocycles. The molecule has 10 heteroatoms. The average molecular weight is 448 g/mol. The zero-order valence-corrected chi connectivity index (χ0v) is 18.2. The van der Waals surface area contributed by atoms with Crippen LogP contribution in [0.4, 0.5) is 5.82 Å². The van der Waals surface area contributed by atoms with Gasteiger partial charge >= 0.3 is 0 Å². The van der Waals surface area contributed by atoms with Crippen molar-refractivity contribution in [1.29, 1.82) is 0 Å². The molecule has 0 amide bonds. The number of hydrogen-bond acceptors (Lipinski definition) is 9. The summed E-state index contributed by atoms with van der Waals surface area (Å²) in [6.07, 6.45) is 5.62. The number of nitrogen functional groups attached to an aromatic ring is 1. The number of anilines is 1. The molecule has 2 aromatic heterocycles. The van der Waals surface area contributed by atoms with Crippen LogP contribution in [0.2, 0.25) is 5.02 Å². The van der Waals surface area contributed by atoms with Gasteiger partial charge in [0.15, 0.2) is 0 Å². The van der Waals surface area contributed by atoms with Crippen LogP contribution in [0.25, 0.3) is 0 Å². The van der Waals surface area contributed by atoms with Crippen molar-refractivity contribution < 1.29 is 0 Å². The van der Waals surface area contributed by atoms with Crippen molar-refractivity contribution in [1.82, 2.24) is 25.5 Å². The summed E-state index contributed by atoms with van der Waals surface area (Å²) in [5, 5.41) is 11.5. The van der Waals surface area contributed by atoms with Crippen LogP contribution in [-0.2, 0) is 5.41 Å². The zero-order valence-electron chi connectivity index (χ0n) is 15.9. The van der Waals surface area contributed by atoms with E-state index >= 15 is 0 Å². The van der Waals surface area contributed by atoms with Gasteiger partial charge in [0, 0.05) is 59.6 Å². The van der Waals surface area contributed by atoms with E-state index in [0.717, 1.165) is 34.5 Å². The first-order valence-corrected chi connectivity index (χ1v) is 11.5. The minimum Gasteiger partial charge on any atom is -0.382 e. The van der Waals surface area contributed by atoms with E-state index < -0.39 is 0 Å². The topological polar surface area (TPSA) is 105 Å². The highest BCUT2D eigenvalue weighted by atomic mass is 35.5. The van der Waals surface area contributed by atoms with Gasteiger partial charge in [-0.05, 0) is 24.8 Å². The highest BCUT2D eigenvalue weighted by Gasteiger charge is 2.69. The normalized spacial score (nSPS) is 27.6. The summed E-state index contributed by atoms with van der Waals surface area (Å²) in [5.74, 6) is 2.55. The Hall–Kier alpha value is -1.94. The van der Waals surface area contributed by atoms with Gasteiger partial charge in [0.25, 0.3) is 0 Å². The summed E-state index contributed by atoms with van der Waals surface area (Å²) in [5.41, 5.74) is 13.2.